The number of aryl methyl sites for hydroxylation is 1. The molecule has 4 rings (SSSR count). The van der Waals surface area contributed by atoms with Crippen LogP contribution in [-0.2, 0) is 0 Å². The maximum absolute atomic E-state index is 13.1. The summed E-state index contributed by atoms with van der Waals surface area (Å²) in [4.78, 5) is 21.3. The average Bonchev–Trinajstić information content (AvgIpc) is 3.34. The molecule has 1 amide bonds. The van der Waals surface area contributed by atoms with Crippen molar-refractivity contribution in [2.45, 2.75) is 26.8 Å². The van der Waals surface area contributed by atoms with Crippen molar-refractivity contribution in [2.24, 2.45) is 0 Å². The van der Waals surface area contributed by atoms with Crippen molar-refractivity contribution in [3.05, 3.63) is 77.3 Å². The summed E-state index contributed by atoms with van der Waals surface area (Å²) in [6, 6.07) is 9.25. The van der Waals surface area contributed by atoms with E-state index < -0.39 is 0 Å². The van der Waals surface area contributed by atoms with Gasteiger partial charge >= 0.3 is 0 Å². The van der Waals surface area contributed by atoms with E-state index in [1.807, 2.05) is 6.92 Å². The fraction of sp³-hybridized carbons (Fsp3) is 0.190. The lowest BCUT2D eigenvalue weighted by atomic mass is 10.1. The lowest BCUT2D eigenvalue weighted by Crippen LogP contribution is -2.27. The molecule has 0 aliphatic heterocycles. The van der Waals surface area contributed by atoms with E-state index in [9.17, 15) is 9.18 Å². The number of halogens is 1. The molecule has 152 valence electrons. The molecular weight excluding hydrogens is 387 g/mol. The van der Waals surface area contributed by atoms with Gasteiger partial charge in [0.2, 0.25) is 0 Å². The van der Waals surface area contributed by atoms with Crippen LogP contribution in [-0.4, -0.2) is 30.8 Å². The smallest absolute Gasteiger partial charge is 0.258 e. The molecule has 4 aromatic rings. The highest BCUT2D eigenvalue weighted by Crippen LogP contribution is 2.21. The lowest BCUT2D eigenvalue weighted by molar-refractivity contribution is 0.0939. The fourth-order valence-electron chi connectivity index (χ4n) is 3.05. The maximum atomic E-state index is 13.1. The number of carbonyl (C=O) groups is 1. The van der Waals surface area contributed by atoms with Crippen LogP contribution < -0.4 is 5.32 Å². The number of amides is 1. The molecule has 0 aliphatic carbocycles. The largest absolute Gasteiger partial charge is 0.345 e. The van der Waals surface area contributed by atoms with Crippen LogP contribution >= 0.6 is 0 Å². The number of benzene rings is 1. The average molecular weight is 406 g/mol. The topological polar surface area (TPSA) is 98.7 Å². The fourth-order valence-corrected chi connectivity index (χ4v) is 3.05. The van der Waals surface area contributed by atoms with Crippen molar-refractivity contribution < 1.29 is 13.7 Å². The van der Waals surface area contributed by atoms with Gasteiger partial charge in [0.15, 0.2) is 11.6 Å². The Morgan fingerprint density at radius 1 is 1.20 bits per heavy atom. The summed E-state index contributed by atoms with van der Waals surface area (Å²) in [6.45, 7) is 5.36. The summed E-state index contributed by atoms with van der Waals surface area (Å²) in [6.07, 6.45) is 3.11. The minimum Gasteiger partial charge on any atom is -0.345 e. The van der Waals surface area contributed by atoms with Crippen LogP contribution in [0.2, 0.25) is 0 Å². The third kappa shape index (κ3) is 3.82. The first kappa shape index (κ1) is 19.4. The number of hydrogen-bond donors (Lipinski definition) is 1. The summed E-state index contributed by atoms with van der Waals surface area (Å²) in [5.41, 5.74) is 2.56. The predicted molar refractivity (Wildman–Crippen MR) is 106 cm³/mol. The Balaban J connectivity index is 1.56. The molecule has 0 bridgehead atoms. The number of hydrogen-bond acceptors (Lipinski definition) is 6. The SMILES string of the molecule is Cc1noc(-c2ccnc(-n3ncc(C(=O)N[C@@H](C)c4ccc(F)cc4)c3C)c2)n1. The molecule has 0 aliphatic rings. The van der Waals surface area contributed by atoms with Crippen LogP contribution in [0.15, 0.2) is 53.3 Å². The number of nitrogens with one attached hydrogen (secondary N) is 1. The minimum absolute atomic E-state index is 0.278. The maximum Gasteiger partial charge on any atom is 0.258 e. The molecule has 0 spiro atoms. The molecule has 0 fully saturated rings. The first-order valence-corrected chi connectivity index (χ1v) is 9.30. The summed E-state index contributed by atoms with van der Waals surface area (Å²) in [7, 11) is 0. The van der Waals surface area contributed by atoms with Gasteiger partial charge in [-0.15, -0.1) is 0 Å². The molecule has 9 heteroatoms. The van der Waals surface area contributed by atoms with Crippen molar-refractivity contribution in [2.75, 3.05) is 0 Å². The number of pyridine rings is 1. The van der Waals surface area contributed by atoms with Crippen LogP contribution in [0.1, 0.15) is 40.4 Å². The number of nitrogens with zero attached hydrogens (tertiary/aromatic N) is 5. The van der Waals surface area contributed by atoms with E-state index in [-0.39, 0.29) is 17.8 Å². The number of aromatic nitrogens is 5. The highest BCUT2D eigenvalue weighted by Gasteiger charge is 2.19. The van der Waals surface area contributed by atoms with Crippen molar-refractivity contribution in [3.63, 3.8) is 0 Å². The molecule has 30 heavy (non-hydrogen) atoms. The van der Waals surface area contributed by atoms with E-state index in [1.54, 1.807) is 49.0 Å². The molecule has 1 N–H and O–H groups in total. The standard InChI is InChI=1S/C21H19FN6O2/c1-12(15-4-6-17(22)7-5-15)25-20(29)18-11-24-28(13(18)2)19-10-16(8-9-23-19)21-26-14(3)27-30-21/h4-12H,1-3H3,(H,25,29)/t12-/m0/s1. The first-order valence-electron chi connectivity index (χ1n) is 9.30. The Morgan fingerprint density at radius 3 is 2.67 bits per heavy atom. The number of carbonyl (C=O) groups excluding carboxylic acids is 1. The molecule has 1 atom stereocenters. The Bertz CT molecular complexity index is 1200. The minimum atomic E-state index is -0.320. The molecular formula is C21H19FN6O2. The van der Waals surface area contributed by atoms with Crippen molar-refractivity contribution >= 4 is 5.91 Å². The molecule has 8 nitrogen and oxygen atoms in total. The van der Waals surface area contributed by atoms with Crippen molar-refractivity contribution in [1.29, 1.82) is 0 Å². The van der Waals surface area contributed by atoms with Crippen LogP contribution in [0.4, 0.5) is 4.39 Å². The van der Waals surface area contributed by atoms with Crippen LogP contribution in [0.3, 0.4) is 0 Å². The summed E-state index contributed by atoms with van der Waals surface area (Å²) >= 11 is 0. The first-order chi connectivity index (χ1) is 14.4. The second-order valence-corrected chi connectivity index (χ2v) is 6.85. The Labute approximate surface area is 171 Å². The van der Waals surface area contributed by atoms with Gasteiger partial charge in [-0.2, -0.15) is 10.1 Å². The van der Waals surface area contributed by atoms with Gasteiger partial charge in [0.1, 0.15) is 5.82 Å². The van der Waals surface area contributed by atoms with Gasteiger partial charge in [0, 0.05) is 11.8 Å². The van der Waals surface area contributed by atoms with Gasteiger partial charge in [0.05, 0.1) is 23.5 Å². The van der Waals surface area contributed by atoms with Gasteiger partial charge in [-0.05, 0) is 50.6 Å². The molecule has 0 unspecified atom stereocenters. The second kappa shape index (κ2) is 7.86. The highest BCUT2D eigenvalue weighted by atomic mass is 19.1. The predicted octanol–water partition coefficient (Wildman–Crippen LogP) is 3.56. The Morgan fingerprint density at radius 2 is 1.97 bits per heavy atom. The van der Waals surface area contributed by atoms with E-state index in [1.165, 1.54) is 18.3 Å². The molecule has 0 saturated heterocycles. The van der Waals surface area contributed by atoms with Gasteiger partial charge in [-0.1, -0.05) is 17.3 Å². The van der Waals surface area contributed by atoms with E-state index in [0.29, 0.717) is 34.4 Å². The second-order valence-electron chi connectivity index (χ2n) is 6.85. The molecule has 0 saturated carbocycles. The zero-order valence-electron chi connectivity index (χ0n) is 16.6. The third-order valence-corrected chi connectivity index (χ3v) is 4.71. The number of rotatable bonds is 5. The van der Waals surface area contributed by atoms with E-state index in [2.05, 4.69) is 25.5 Å². The lowest BCUT2D eigenvalue weighted by Gasteiger charge is -2.14. The van der Waals surface area contributed by atoms with Gasteiger partial charge in [-0.3, -0.25) is 4.79 Å². The molecule has 3 heterocycles. The van der Waals surface area contributed by atoms with E-state index >= 15 is 0 Å². The van der Waals surface area contributed by atoms with Crippen LogP contribution in [0.25, 0.3) is 17.3 Å². The van der Waals surface area contributed by atoms with E-state index in [0.717, 1.165) is 5.56 Å². The zero-order valence-corrected chi connectivity index (χ0v) is 16.6. The Hall–Kier alpha value is -3.88. The molecule has 1 aromatic carbocycles. The normalized spacial score (nSPS) is 12.0. The van der Waals surface area contributed by atoms with Gasteiger partial charge in [0.25, 0.3) is 11.8 Å². The third-order valence-electron chi connectivity index (χ3n) is 4.71. The summed E-state index contributed by atoms with van der Waals surface area (Å²) < 4.78 is 19.9. The Kier molecular flexibility index (Phi) is 5.09. The summed E-state index contributed by atoms with van der Waals surface area (Å²) in [5.74, 6) is 0.838. The quantitative estimate of drug-likeness (QED) is 0.544. The molecule has 3 aromatic heterocycles. The highest BCUT2D eigenvalue weighted by molar-refractivity contribution is 5.95. The zero-order chi connectivity index (χ0) is 21.3. The van der Waals surface area contributed by atoms with Crippen LogP contribution in [0.5, 0.6) is 0 Å². The van der Waals surface area contributed by atoms with Gasteiger partial charge in [-0.25, -0.2) is 14.1 Å². The van der Waals surface area contributed by atoms with Crippen molar-refractivity contribution in [1.82, 2.24) is 30.2 Å². The molecule has 0 radical (unpaired) electrons. The van der Waals surface area contributed by atoms with E-state index in [4.69, 9.17) is 4.52 Å². The van der Waals surface area contributed by atoms with Gasteiger partial charge < -0.3 is 9.84 Å². The van der Waals surface area contributed by atoms with Crippen molar-refractivity contribution in [3.8, 4) is 17.3 Å². The van der Waals surface area contributed by atoms with Crippen LogP contribution in [0, 0.1) is 19.7 Å². The summed E-state index contributed by atoms with van der Waals surface area (Å²) in [5, 5.41) is 11.0. The monoisotopic (exact) mass is 406 g/mol.